The molecule has 0 saturated carbocycles. The number of nitrogens with zero attached hydrogens (tertiary/aromatic N) is 4. The summed E-state index contributed by atoms with van der Waals surface area (Å²) in [6.45, 7) is 4.45. The van der Waals surface area contributed by atoms with Crippen molar-refractivity contribution in [3.63, 3.8) is 0 Å². The summed E-state index contributed by atoms with van der Waals surface area (Å²) in [6.07, 6.45) is 2.92. The van der Waals surface area contributed by atoms with E-state index in [4.69, 9.17) is 4.74 Å². The Labute approximate surface area is 257 Å². The van der Waals surface area contributed by atoms with Crippen molar-refractivity contribution in [2.24, 2.45) is 16.1 Å². The largest absolute Gasteiger partial charge is 0.445 e. The number of rotatable bonds is 12. The summed E-state index contributed by atoms with van der Waals surface area (Å²) in [5.41, 5.74) is 2.16. The van der Waals surface area contributed by atoms with Crippen molar-refractivity contribution in [2.45, 2.75) is 70.7 Å². The van der Waals surface area contributed by atoms with Crippen molar-refractivity contribution in [3.8, 4) is 0 Å². The molecule has 2 aromatic carbocycles. The van der Waals surface area contributed by atoms with E-state index in [9.17, 15) is 24.0 Å². The van der Waals surface area contributed by atoms with Crippen molar-refractivity contribution in [1.29, 1.82) is 0 Å². The smallest absolute Gasteiger partial charge is 0.410 e. The topological polar surface area (TPSA) is 150 Å². The standard InChI is InChI=1S/C32H40N6O6/c1-22(2)18-27(30(41)33-19-29(40)37-16-6-10-26(37)20-39)34-31(42)28-11-7-17-38(28)32(43)44-21-23-12-14-25(15-13-23)36-35-24-8-4-3-5-9-24/h3-5,8-9,12-15,20,22,26-28H,6-7,10-11,16-19,21H2,1-2H3,(H,33,41)(H,34,42)/t26-,27-,28-/m0/s1. The number of benzene rings is 2. The van der Waals surface area contributed by atoms with Crippen molar-refractivity contribution >= 4 is 41.5 Å². The predicted molar refractivity (Wildman–Crippen MR) is 162 cm³/mol. The zero-order chi connectivity index (χ0) is 31.5. The molecule has 2 heterocycles. The van der Waals surface area contributed by atoms with Crippen LogP contribution in [0.5, 0.6) is 0 Å². The number of likely N-dealkylation sites (tertiary alicyclic amines) is 2. The van der Waals surface area contributed by atoms with Gasteiger partial charge >= 0.3 is 6.09 Å². The molecule has 12 heteroatoms. The summed E-state index contributed by atoms with van der Waals surface area (Å²) in [7, 11) is 0. The van der Waals surface area contributed by atoms with Gasteiger partial charge in [-0.2, -0.15) is 10.2 Å². The van der Waals surface area contributed by atoms with E-state index in [0.29, 0.717) is 44.5 Å². The third kappa shape index (κ3) is 8.95. The molecular weight excluding hydrogens is 564 g/mol. The lowest BCUT2D eigenvalue weighted by Crippen LogP contribution is -2.54. The van der Waals surface area contributed by atoms with Crippen molar-refractivity contribution in [3.05, 3.63) is 60.2 Å². The maximum atomic E-state index is 13.3. The fourth-order valence-corrected chi connectivity index (χ4v) is 5.36. The van der Waals surface area contributed by atoms with E-state index in [1.165, 1.54) is 9.80 Å². The van der Waals surface area contributed by atoms with Crippen LogP contribution < -0.4 is 10.6 Å². The van der Waals surface area contributed by atoms with E-state index in [-0.39, 0.29) is 25.0 Å². The molecule has 2 aromatic rings. The summed E-state index contributed by atoms with van der Waals surface area (Å²) in [4.78, 5) is 65.9. The molecule has 4 amide bonds. The molecule has 2 fully saturated rings. The van der Waals surface area contributed by atoms with Gasteiger partial charge in [-0.25, -0.2) is 4.79 Å². The van der Waals surface area contributed by atoms with Crippen LogP contribution in [0.15, 0.2) is 64.8 Å². The second kappa shape index (κ2) is 15.7. The minimum Gasteiger partial charge on any atom is -0.445 e. The van der Waals surface area contributed by atoms with E-state index in [1.807, 2.05) is 44.2 Å². The Balaban J connectivity index is 1.28. The van der Waals surface area contributed by atoms with Gasteiger partial charge in [0.15, 0.2) is 0 Å². The second-order valence-corrected chi connectivity index (χ2v) is 11.4. The maximum absolute atomic E-state index is 13.3. The molecule has 3 atom stereocenters. The second-order valence-electron chi connectivity index (χ2n) is 11.4. The average Bonchev–Trinajstić information content (AvgIpc) is 3.72. The van der Waals surface area contributed by atoms with Gasteiger partial charge in [-0.15, -0.1) is 0 Å². The normalized spacial score (nSPS) is 18.8. The van der Waals surface area contributed by atoms with Gasteiger partial charge in [0.25, 0.3) is 0 Å². The lowest BCUT2D eigenvalue weighted by atomic mass is 10.0. The van der Waals surface area contributed by atoms with Crippen LogP contribution in [-0.2, 0) is 30.5 Å². The van der Waals surface area contributed by atoms with Gasteiger partial charge in [-0.3, -0.25) is 19.3 Å². The highest BCUT2D eigenvalue weighted by atomic mass is 16.6. The Morgan fingerprint density at radius 3 is 2.27 bits per heavy atom. The number of aldehydes is 1. The minimum atomic E-state index is -0.883. The zero-order valence-corrected chi connectivity index (χ0v) is 25.2. The molecule has 0 radical (unpaired) electrons. The molecule has 2 saturated heterocycles. The van der Waals surface area contributed by atoms with Crippen LogP contribution in [-0.4, -0.2) is 77.7 Å². The van der Waals surface area contributed by atoms with E-state index in [1.54, 1.807) is 24.3 Å². The van der Waals surface area contributed by atoms with Crippen molar-refractivity contribution in [2.75, 3.05) is 19.6 Å². The number of carbonyl (C=O) groups excluding carboxylic acids is 5. The number of nitrogens with one attached hydrogen (secondary N) is 2. The van der Waals surface area contributed by atoms with Crippen LogP contribution in [0.3, 0.4) is 0 Å². The summed E-state index contributed by atoms with van der Waals surface area (Å²) < 4.78 is 5.52. The van der Waals surface area contributed by atoms with Crippen LogP contribution >= 0.6 is 0 Å². The third-order valence-electron chi connectivity index (χ3n) is 7.66. The molecule has 44 heavy (non-hydrogen) atoms. The quantitative estimate of drug-likeness (QED) is 0.276. The third-order valence-corrected chi connectivity index (χ3v) is 7.66. The number of carbonyl (C=O) groups is 5. The van der Waals surface area contributed by atoms with Crippen LogP contribution in [0.4, 0.5) is 16.2 Å². The first-order chi connectivity index (χ1) is 21.2. The first-order valence-corrected chi connectivity index (χ1v) is 15.1. The van der Waals surface area contributed by atoms with Crippen LogP contribution in [0.25, 0.3) is 0 Å². The lowest BCUT2D eigenvalue weighted by Gasteiger charge is -2.27. The molecule has 0 spiro atoms. The molecule has 0 bridgehead atoms. The van der Waals surface area contributed by atoms with E-state index < -0.39 is 36.0 Å². The van der Waals surface area contributed by atoms with Crippen molar-refractivity contribution < 1.29 is 28.7 Å². The Hall–Kier alpha value is -4.61. The van der Waals surface area contributed by atoms with Crippen LogP contribution in [0.2, 0.25) is 0 Å². The highest BCUT2D eigenvalue weighted by Crippen LogP contribution is 2.22. The van der Waals surface area contributed by atoms with E-state index >= 15 is 0 Å². The Bertz CT molecular complexity index is 1330. The van der Waals surface area contributed by atoms with Crippen LogP contribution in [0, 0.1) is 5.92 Å². The molecule has 0 aliphatic carbocycles. The molecule has 2 aliphatic heterocycles. The number of azo groups is 1. The highest BCUT2D eigenvalue weighted by Gasteiger charge is 2.37. The first-order valence-electron chi connectivity index (χ1n) is 15.1. The van der Waals surface area contributed by atoms with Crippen molar-refractivity contribution in [1.82, 2.24) is 20.4 Å². The molecule has 0 aromatic heterocycles. The Morgan fingerprint density at radius 2 is 1.59 bits per heavy atom. The maximum Gasteiger partial charge on any atom is 0.410 e. The fraction of sp³-hybridized carbons (Fsp3) is 0.469. The average molecular weight is 605 g/mol. The first kappa shape index (κ1) is 32.3. The molecular formula is C32H40N6O6. The minimum absolute atomic E-state index is 0.0220. The number of ether oxygens (including phenoxy) is 1. The number of hydrogen-bond donors (Lipinski definition) is 2. The highest BCUT2D eigenvalue weighted by molar-refractivity contribution is 5.93. The lowest BCUT2D eigenvalue weighted by molar-refractivity contribution is -0.136. The van der Waals surface area contributed by atoms with E-state index in [0.717, 1.165) is 24.0 Å². The van der Waals surface area contributed by atoms with Gasteiger partial charge in [0.1, 0.15) is 25.0 Å². The number of amides is 4. The summed E-state index contributed by atoms with van der Waals surface area (Å²) in [5, 5.41) is 13.8. The number of hydrogen-bond acceptors (Lipinski definition) is 8. The van der Waals surface area contributed by atoms with Gasteiger partial charge in [-0.05, 0) is 67.9 Å². The Kier molecular flexibility index (Phi) is 11.6. The molecule has 4 rings (SSSR count). The molecule has 0 unspecified atom stereocenters. The van der Waals surface area contributed by atoms with Gasteiger partial charge < -0.3 is 25.1 Å². The van der Waals surface area contributed by atoms with E-state index in [2.05, 4.69) is 20.9 Å². The SMILES string of the molecule is CC(C)C[C@H](NC(=O)[C@@H]1CCCN1C(=O)OCc1ccc(N=Nc2ccccc2)cc1)C(=O)NCC(=O)N1CCC[C@H]1C=O. The molecule has 12 nitrogen and oxygen atoms in total. The summed E-state index contributed by atoms with van der Waals surface area (Å²) in [5.74, 6) is -1.18. The zero-order valence-electron chi connectivity index (χ0n) is 25.2. The predicted octanol–water partition coefficient (Wildman–Crippen LogP) is 4.04. The monoisotopic (exact) mass is 604 g/mol. The summed E-state index contributed by atoms with van der Waals surface area (Å²) >= 11 is 0. The Morgan fingerprint density at radius 1 is 0.932 bits per heavy atom. The van der Waals surface area contributed by atoms with Gasteiger partial charge in [0, 0.05) is 13.1 Å². The molecule has 234 valence electrons. The fourth-order valence-electron chi connectivity index (χ4n) is 5.36. The van der Waals surface area contributed by atoms with Gasteiger partial charge in [-0.1, -0.05) is 44.2 Å². The molecule has 2 aliphatic rings. The molecule has 2 N–H and O–H groups in total. The van der Waals surface area contributed by atoms with Gasteiger partial charge in [0.2, 0.25) is 17.7 Å². The van der Waals surface area contributed by atoms with Gasteiger partial charge in [0.05, 0.1) is 24.0 Å². The van der Waals surface area contributed by atoms with Crippen LogP contribution in [0.1, 0.15) is 51.5 Å². The summed E-state index contributed by atoms with van der Waals surface area (Å²) in [6, 6.07) is 14.4.